The van der Waals surface area contributed by atoms with Gasteiger partial charge in [0.2, 0.25) is 4.77 Å². The molecule has 1 heterocycles. The quantitative estimate of drug-likeness (QED) is 0.617. The number of H-pyrrole nitrogens is 1. The SMILES string of the molecule is CCOc1c(/C=N\n2c(C3CCCCC3)n[nH]c2=S)cccc1OC. The van der Waals surface area contributed by atoms with Gasteiger partial charge in [-0.1, -0.05) is 25.3 Å². The zero-order chi connectivity index (χ0) is 17.6. The first-order chi connectivity index (χ1) is 12.2. The van der Waals surface area contributed by atoms with E-state index in [0.29, 0.717) is 28.8 Å². The highest BCUT2D eigenvalue weighted by atomic mass is 32.1. The average molecular weight is 360 g/mol. The maximum Gasteiger partial charge on any atom is 0.216 e. The molecule has 1 aromatic heterocycles. The van der Waals surface area contributed by atoms with Crippen molar-refractivity contribution < 1.29 is 9.47 Å². The number of para-hydroxylation sites is 1. The number of rotatable bonds is 6. The molecular formula is C18H24N4O2S. The summed E-state index contributed by atoms with van der Waals surface area (Å²) >= 11 is 5.37. The molecule has 6 nitrogen and oxygen atoms in total. The van der Waals surface area contributed by atoms with Crippen LogP contribution in [0, 0.1) is 4.77 Å². The lowest BCUT2D eigenvalue weighted by Crippen LogP contribution is -2.10. The second kappa shape index (κ2) is 8.29. The van der Waals surface area contributed by atoms with Crippen LogP contribution in [0.25, 0.3) is 0 Å². The Morgan fingerprint density at radius 1 is 1.36 bits per heavy atom. The van der Waals surface area contributed by atoms with Crippen LogP contribution in [-0.4, -0.2) is 34.8 Å². The van der Waals surface area contributed by atoms with E-state index in [1.165, 1.54) is 19.3 Å². The summed E-state index contributed by atoms with van der Waals surface area (Å²) in [6.07, 6.45) is 7.80. The fraction of sp³-hybridized carbons (Fsp3) is 0.500. The molecule has 0 saturated heterocycles. The Kier molecular flexibility index (Phi) is 5.86. The molecule has 0 amide bonds. The zero-order valence-corrected chi connectivity index (χ0v) is 15.5. The summed E-state index contributed by atoms with van der Waals surface area (Å²) in [6.45, 7) is 2.50. The minimum Gasteiger partial charge on any atom is -0.493 e. The third kappa shape index (κ3) is 3.92. The Bertz CT molecular complexity index is 791. The van der Waals surface area contributed by atoms with Crippen LogP contribution in [0.3, 0.4) is 0 Å². The molecule has 7 heteroatoms. The fourth-order valence-electron chi connectivity index (χ4n) is 3.25. The summed E-state index contributed by atoms with van der Waals surface area (Å²) in [5, 5.41) is 11.9. The van der Waals surface area contributed by atoms with Crippen molar-refractivity contribution in [3.63, 3.8) is 0 Å². The molecule has 0 atom stereocenters. The number of aromatic amines is 1. The van der Waals surface area contributed by atoms with Crippen LogP contribution in [0.4, 0.5) is 0 Å². The van der Waals surface area contributed by atoms with E-state index in [1.807, 2.05) is 25.1 Å². The highest BCUT2D eigenvalue weighted by Gasteiger charge is 2.21. The second-order valence-corrected chi connectivity index (χ2v) is 6.48. The van der Waals surface area contributed by atoms with E-state index in [1.54, 1.807) is 18.0 Å². The molecule has 1 aliphatic rings. The van der Waals surface area contributed by atoms with Gasteiger partial charge in [0.15, 0.2) is 17.3 Å². The number of methoxy groups -OCH3 is 1. The normalized spacial score (nSPS) is 15.6. The van der Waals surface area contributed by atoms with Crippen molar-refractivity contribution in [2.45, 2.75) is 44.9 Å². The van der Waals surface area contributed by atoms with E-state index in [-0.39, 0.29) is 0 Å². The first-order valence-corrected chi connectivity index (χ1v) is 9.17. The van der Waals surface area contributed by atoms with Crippen molar-refractivity contribution >= 4 is 18.4 Å². The smallest absolute Gasteiger partial charge is 0.216 e. The van der Waals surface area contributed by atoms with Crippen LogP contribution in [0.2, 0.25) is 0 Å². The van der Waals surface area contributed by atoms with E-state index in [2.05, 4.69) is 15.3 Å². The Balaban J connectivity index is 1.93. The van der Waals surface area contributed by atoms with Crippen molar-refractivity contribution in [1.82, 2.24) is 14.9 Å². The van der Waals surface area contributed by atoms with Crippen LogP contribution in [0.1, 0.15) is 56.3 Å². The van der Waals surface area contributed by atoms with Gasteiger partial charge in [-0.2, -0.15) is 14.9 Å². The maximum atomic E-state index is 5.73. The van der Waals surface area contributed by atoms with E-state index in [4.69, 9.17) is 21.7 Å². The monoisotopic (exact) mass is 360 g/mol. The Labute approximate surface area is 152 Å². The third-order valence-corrected chi connectivity index (χ3v) is 4.74. The van der Waals surface area contributed by atoms with E-state index >= 15 is 0 Å². The fourth-order valence-corrected chi connectivity index (χ4v) is 3.44. The molecule has 1 aromatic carbocycles. The van der Waals surface area contributed by atoms with E-state index in [0.717, 1.165) is 24.2 Å². The number of hydrogen-bond acceptors (Lipinski definition) is 5. The molecule has 0 bridgehead atoms. The summed E-state index contributed by atoms with van der Waals surface area (Å²) in [7, 11) is 1.63. The van der Waals surface area contributed by atoms with Crippen LogP contribution < -0.4 is 9.47 Å². The van der Waals surface area contributed by atoms with Crippen LogP contribution in [0.15, 0.2) is 23.3 Å². The predicted octanol–water partition coefficient (Wildman–Crippen LogP) is 4.28. The molecule has 0 radical (unpaired) electrons. The van der Waals surface area contributed by atoms with Crippen LogP contribution in [0.5, 0.6) is 11.5 Å². The van der Waals surface area contributed by atoms with Crippen LogP contribution in [-0.2, 0) is 0 Å². The molecule has 25 heavy (non-hydrogen) atoms. The Morgan fingerprint density at radius 3 is 2.88 bits per heavy atom. The number of aromatic nitrogens is 3. The predicted molar refractivity (Wildman–Crippen MR) is 100 cm³/mol. The van der Waals surface area contributed by atoms with Crippen molar-refractivity contribution in [1.29, 1.82) is 0 Å². The molecule has 1 saturated carbocycles. The summed E-state index contributed by atoms with van der Waals surface area (Å²) in [4.78, 5) is 0. The van der Waals surface area contributed by atoms with Gasteiger partial charge in [0.25, 0.3) is 0 Å². The van der Waals surface area contributed by atoms with Gasteiger partial charge in [-0.25, -0.2) is 0 Å². The first kappa shape index (κ1) is 17.7. The van der Waals surface area contributed by atoms with Gasteiger partial charge in [0, 0.05) is 11.5 Å². The van der Waals surface area contributed by atoms with Crippen molar-refractivity contribution in [2.75, 3.05) is 13.7 Å². The highest BCUT2D eigenvalue weighted by molar-refractivity contribution is 7.71. The lowest BCUT2D eigenvalue weighted by molar-refractivity contribution is 0.310. The van der Waals surface area contributed by atoms with Gasteiger partial charge in [-0.05, 0) is 44.1 Å². The van der Waals surface area contributed by atoms with Gasteiger partial charge in [-0.3, -0.25) is 5.10 Å². The number of ether oxygens (including phenoxy) is 2. The summed E-state index contributed by atoms with van der Waals surface area (Å²) in [5.41, 5.74) is 0.846. The largest absolute Gasteiger partial charge is 0.493 e. The lowest BCUT2D eigenvalue weighted by Gasteiger charge is -2.20. The first-order valence-electron chi connectivity index (χ1n) is 8.76. The molecule has 3 rings (SSSR count). The number of benzene rings is 1. The van der Waals surface area contributed by atoms with E-state index < -0.39 is 0 Å². The number of nitrogens with one attached hydrogen (secondary N) is 1. The van der Waals surface area contributed by atoms with E-state index in [9.17, 15) is 0 Å². The van der Waals surface area contributed by atoms with Crippen molar-refractivity contribution in [3.8, 4) is 11.5 Å². The molecule has 0 spiro atoms. The molecular weight excluding hydrogens is 336 g/mol. The highest BCUT2D eigenvalue weighted by Crippen LogP contribution is 2.32. The molecule has 134 valence electrons. The minimum absolute atomic E-state index is 0.413. The molecule has 1 aliphatic carbocycles. The molecule has 0 aliphatic heterocycles. The number of hydrogen-bond donors (Lipinski definition) is 1. The van der Waals surface area contributed by atoms with Crippen molar-refractivity contribution in [2.24, 2.45) is 5.10 Å². The molecule has 1 fully saturated rings. The Hall–Kier alpha value is -2.15. The lowest BCUT2D eigenvalue weighted by atomic mass is 9.89. The Morgan fingerprint density at radius 2 is 2.16 bits per heavy atom. The molecule has 1 N–H and O–H groups in total. The minimum atomic E-state index is 0.413. The summed E-state index contributed by atoms with van der Waals surface area (Å²) in [6, 6.07) is 5.74. The third-order valence-electron chi connectivity index (χ3n) is 4.48. The molecule has 2 aromatic rings. The zero-order valence-electron chi connectivity index (χ0n) is 14.7. The second-order valence-electron chi connectivity index (χ2n) is 6.09. The summed E-state index contributed by atoms with van der Waals surface area (Å²) < 4.78 is 13.4. The van der Waals surface area contributed by atoms with Gasteiger partial charge in [0.05, 0.1) is 19.9 Å². The maximum absolute atomic E-state index is 5.73. The standard InChI is InChI=1S/C18H24N4O2S/c1-3-24-16-14(10-7-11-15(16)23-2)12-19-22-17(20-21-18(22)25)13-8-5-4-6-9-13/h7,10-13H,3-6,8-9H2,1-2H3,(H,21,25)/b19-12-. The van der Waals surface area contributed by atoms with Crippen molar-refractivity contribution in [3.05, 3.63) is 34.4 Å². The average Bonchev–Trinajstić information content (AvgIpc) is 3.02. The molecule has 0 unspecified atom stereocenters. The van der Waals surface area contributed by atoms with Gasteiger partial charge >= 0.3 is 0 Å². The number of nitrogens with zero attached hydrogens (tertiary/aromatic N) is 3. The summed E-state index contributed by atoms with van der Waals surface area (Å²) in [5.74, 6) is 2.71. The van der Waals surface area contributed by atoms with Gasteiger partial charge < -0.3 is 9.47 Å². The van der Waals surface area contributed by atoms with Gasteiger partial charge in [0.1, 0.15) is 0 Å². The van der Waals surface area contributed by atoms with Gasteiger partial charge in [-0.15, -0.1) is 0 Å². The van der Waals surface area contributed by atoms with Crippen LogP contribution >= 0.6 is 12.2 Å². The topological polar surface area (TPSA) is 64.4 Å².